The maximum Gasteiger partial charge on any atom is 0.275 e. The molecule has 2 atom stereocenters. The van der Waals surface area contributed by atoms with E-state index in [1.54, 1.807) is 14.2 Å². The maximum atomic E-state index is 12.5. The Bertz CT molecular complexity index is 806. The van der Waals surface area contributed by atoms with Crippen LogP contribution in [0.5, 0.6) is 11.5 Å². The summed E-state index contributed by atoms with van der Waals surface area (Å²) in [6.45, 7) is 4.26. The average Bonchev–Trinajstić information content (AvgIpc) is 3.16. The van der Waals surface area contributed by atoms with E-state index >= 15 is 0 Å². The molecule has 3 rings (SSSR count). The Kier molecular flexibility index (Phi) is 6.93. The topological polar surface area (TPSA) is 52.0 Å². The van der Waals surface area contributed by atoms with Crippen LogP contribution in [0.1, 0.15) is 35.6 Å². The summed E-state index contributed by atoms with van der Waals surface area (Å²) in [5.41, 5.74) is 3.68. The van der Waals surface area contributed by atoms with Crippen LogP contribution in [0.15, 0.2) is 42.5 Å². The average molecular weight is 384 g/mol. The summed E-state index contributed by atoms with van der Waals surface area (Å²) >= 11 is 0. The molecule has 2 aromatic carbocycles. The highest BCUT2D eigenvalue weighted by Gasteiger charge is 2.33. The molecule has 2 aromatic rings. The van der Waals surface area contributed by atoms with Crippen molar-refractivity contribution in [2.45, 2.75) is 32.2 Å². The molecule has 5 nitrogen and oxygen atoms in total. The second kappa shape index (κ2) is 9.60. The molecule has 0 bridgehead atoms. The first-order valence-electron chi connectivity index (χ1n) is 10.00. The Hall–Kier alpha value is -2.53. The minimum Gasteiger partial charge on any atom is -0.497 e. The van der Waals surface area contributed by atoms with Gasteiger partial charge in [-0.15, -0.1) is 0 Å². The lowest BCUT2D eigenvalue weighted by molar-refractivity contribution is -0.910. The number of ether oxygens (including phenoxy) is 2. The number of hydrogen-bond donors (Lipinski definition) is 2. The zero-order valence-corrected chi connectivity index (χ0v) is 17.1. The van der Waals surface area contributed by atoms with E-state index in [0.717, 1.165) is 42.9 Å². The third kappa shape index (κ3) is 4.84. The van der Waals surface area contributed by atoms with Crippen molar-refractivity contribution < 1.29 is 19.2 Å². The Morgan fingerprint density at radius 2 is 2.00 bits per heavy atom. The number of likely N-dealkylation sites (tertiary alicyclic amines) is 1. The summed E-state index contributed by atoms with van der Waals surface area (Å²) in [5.74, 6) is 1.80. The molecule has 0 aliphatic carbocycles. The third-order valence-corrected chi connectivity index (χ3v) is 5.66. The van der Waals surface area contributed by atoms with E-state index < -0.39 is 0 Å². The van der Waals surface area contributed by atoms with Crippen LogP contribution >= 0.6 is 0 Å². The highest BCUT2D eigenvalue weighted by Crippen LogP contribution is 2.31. The molecule has 1 aliphatic heterocycles. The summed E-state index contributed by atoms with van der Waals surface area (Å²) in [7, 11) is 3.37. The fraction of sp³-hybridized carbons (Fsp3) is 0.435. The lowest BCUT2D eigenvalue weighted by atomic mass is 10.0. The first-order chi connectivity index (χ1) is 13.6. The van der Waals surface area contributed by atoms with Crippen molar-refractivity contribution >= 4 is 5.91 Å². The molecular weight excluding hydrogens is 352 g/mol. The number of methoxy groups -OCH3 is 2. The van der Waals surface area contributed by atoms with E-state index in [-0.39, 0.29) is 11.9 Å². The fourth-order valence-electron chi connectivity index (χ4n) is 4.11. The lowest BCUT2D eigenvalue weighted by Crippen LogP contribution is -3.11. The summed E-state index contributed by atoms with van der Waals surface area (Å²) < 4.78 is 11.0. The van der Waals surface area contributed by atoms with Crippen LogP contribution in [0, 0.1) is 6.92 Å². The van der Waals surface area contributed by atoms with Gasteiger partial charge >= 0.3 is 0 Å². The molecule has 150 valence electrons. The van der Waals surface area contributed by atoms with Crippen molar-refractivity contribution in [1.82, 2.24) is 5.32 Å². The molecule has 1 saturated heterocycles. The number of carbonyl (C=O) groups is 1. The van der Waals surface area contributed by atoms with Crippen molar-refractivity contribution in [1.29, 1.82) is 0 Å². The van der Waals surface area contributed by atoms with Gasteiger partial charge in [-0.05, 0) is 42.7 Å². The van der Waals surface area contributed by atoms with Crippen molar-refractivity contribution in [3.63, 3.8) is 0 Å². The third-order valence-electron chi connectivity index (χ3n) is 5.66. The van der Waals surface area contributed by atoms with Crippen LogP contribution in [-0.4, -0.2) is 39.8 Å². The van der Waals surface area contributed by atoms with Crippen LogP contribution in [-0.2, 0) is 11.2 Å². The van der Waals surface area contributed by atoms with Gasteiger partial charge in [0.05, 0.1) is 26.3 Å². The Balaban J connectivity index is 1.59. The number of hydrogen-bond acceptors (Lipinski definition) is 3. The molecule has 0 radical (unpaired) electrons. The summed E-state index contributed by atoms with van der Waals surface area (Å²) in [4.78, 5) is 13.8. The zero-order valence-electron chi connectivity index (χ0n) is 17.1. The molecule has 1 aliphatic rings. The number of amides is 1. The van der Waals surface area contributed by atoms with E-state index in [2.05, 4.69) is 24.4 Å². The van der Waals surface area contributed by atoms with Gasteiger partial charge in [0.15, 0.2) is 6.54 Å². The van der Waals surface area contributed by atoms with Gasteiger partial charge in [-0.25, -0.2) is 0 Å². The largest absolute Gasteiger partial charge is 0.497 e. The smallest absolute Gasteiger partial charge is 0.275 e. The molecule has 28 heavy (non-hydrogen) atoms. The monoisotopic (exact) mass is 383 g/mol. The predicted molar refractivity (Wildman–Crippen MR) is 110 cm³/mol. The van der Waals surface area contributed by atoms with Gasteiger partial charge in [-0.3, -0.25) is 4.79 Å². The second-order valence-corrected chi connectivity index (χ2v) is 7.41. The highest BCUT2D eigenvalue weighted by molar-refractivity contribution is 5.76. The van der Waals surface area contributed by atoms with Crippen molar-refractivity contribution in [3.05, 3.63) is 59.2 Å². The standard InChI is InChI=1S/C23H30N2O3/c1-17-7-4-5-8-18(17)12-13-24-23(26)16-25-14-6-9-21(25)20-15-19(27-2)10-11-22(20)28-3/h4-5,7-8,10-11,15,21H,6,9,12-14,16H2,1-3H3,(H,24,26)/p+1/t21-/m0/s1. The van der Waals surface area contributed by atoms with E-state index in [1.165, 1.54) is 16.0 Å². The van der Waals surface area contributed by atoms with Gasteiger partial charge in [0.25, 0.3) is 5.91 Å². The number of rotatable bonds is 8. The van der Waals surface area contributed by atoms with E-state index in [0.29, 0.717) is 13.1 Å². The molecule has 1 unspecified atom stereocenters. The predicted octanol–water partition coefficient (Wildman–Crippen LogP) is 2.09. The number of quaternary nitrogens is 1. The van der Waals surface area contributed by atoms with E-state index in [1.807, 2.05) is 30.3 Å². The van der Waals surface area contributed by atoms with Crippen LogP contribution < -0.4 is 19.7 Å². The number of aryl methyl sites for hydroxylation is 1. The SMILES string of the molecule is COc1ccc(OC)c([C@@H]2CCC[NH+]2CC(=O)NCCc2ccccc2C)c1. The van der Waals surface area contributed by atoms with Crippen LogP contribution in [0.25, 0.3) is 0 Å². The van der Waals surface area contributed by atoms with Crippen LogP contribution in [0.3, 0.4) is 0 Å². The van der Waals surface area contributed by atoms with Gasteiger partial charge in [0.1, 0.15) is 17.5 Å². The van der Waals surface area contributed by atoms with Crippen LogP contribution in [0.2, 0.25) is 0 Å². The molecule has 1 fully saturated rings. The maximum absolute atomic E-state index is 12.5. The van der Waals surface area contributed by atoms with Crippen molar-refractivity contribution in [2.24, 2.45) is 0 Å². The summed E-state index contributed by atoms with van der Waals surface area (Å²) in [6.07, 6.45) is 3.02. The molecule has 1 amide bonds. The fourth-order valence-corrected chi connectivity index (χ4v) is 4.11. The first kappa shape index (κ1) is 20.2. The molecule has 1 heterocycles. The number of carbonyl (C=O) groups excluding carboxylic acids is 1. The molecule has 5 heteroatoms. The highest BCUT2D eigenvalue weighted by atomic mass is 16.5. The summed E-state index contributed by atoms with van der Waals surface area (Å²) in [5, 5.41) is 3.09. The minimum absolute atomic E-state index is 0.109. The number of benzene rings is 2. The minimum atomic E-state index is 0.109. The van der Waals surface area contributed by atoms with Gasteiger partial charge in [-0.2, -0.15) is 0 Å². The Morgan fingerprint density at radius 1 is 1.18 bits per heavy atom. The van der Waals surface area contributed by atoms with E-state index in [9.17, 15) is 4.79 Å². The Morgan fingerprint density at radius 3 is 2.75 bits per heavy atom. The molecule has 0 saturated carbocycles. The van der Waals surface area contributed by atoms with E-state index in [4.69, 9.17) is 9.47 Å². The van der Waals surface area contributed by atoms with Crippen LogP contribution in [0.4, 0.5) is 0 Å². The first-order valence-corrected chi connectivity index (χ1v) is 10.00. The molecule has 2 N–H and O–H groups in total. The van der Waals surface area contributed by atoms with Gasteiger partial charge < -0.3 is 19.7 Å². The molecule has 0 spiro atoms. The van der Waals surface area contributed by atoms with Gasteiger partial charge in [-0.1, -0.05) is 24.3 Å². The normalized spacial score (nSPS) is 18.7. The van der Waals surface area contributed by atoms with Crippen molar-refractivity contribution in [3.8, 4) is 11.5 Å². The van der Waals surface area contributed by atoms with Gasteiger partial charge in [0.2, 0.25) is 0 Å². The second-order valence-electron chi connectivity index (χ2n) is 7.41. The quantitative estimate of drug-likeness (QED) is 0.734. The number of nitrogens with one attached hydrogen (secondary N) is 2. The Labute approximate surface area is 167 Å². The molecular formula is C23H31N2O3+. The molecule has 0 aromatic heterocycles. The summed E-state index contributed by atoms with van der Waals surface area (Å²) in [6, 6.07) is 14.5. The van der Waals surface area contributed by atoms with Gasteiger partial charge in [0, 0.05) is 19.4 Å². The zero-order chi connectivity index (χ0) is 19.9. The lowest BCUT2D eigenvalue weighted by Gasteiger charge is -2.23. The van der Waals surface area contributed by atoms with Crippen molar-refractivity contribution in [2.75, 3.05) is 33.9 Å².